The van der Waals surface area contributed by atoms with Crippen LogP contribution < -0.4 is 5.56 Å². The molecule has 3 heterocycles. The Bertz CT molecular complexity index is 958. The summed E-state index contributed by atoms with van der Waals surface area (Å²) in [5.74, 6) is -0.954. The van der Waals surface area contributed by atoms with Crippen molar-refractivity contribution in [3.8, 4) is 0 Å². The maximum atomic E-state index is 12.3. The Morgan fingerprint density at radius 1 is 1.46 bits per heavy atom. The lowest BCUT2D eigenvalue weighted by atomic mass is 10.1. The van der Waals surface area contributed by atoms with Gasteiger partial charge in [-0.3, -0.25) is 14.3 Å². The average Bonchev–Trinajstić information content (AvgIpc) is 3.16. The third kappa shape index (κ3) is 3.82. The Hall–Kier alpha value is -2.25. The average molecular weight is 412 g/mol. The molecule has 12 heteroatoms. The van der Waals surface area contributed by atoms with Crippen LogP contribution in [0.1, 0.15) is 19.6 Å². The fourth-order valence-electron chi connectivity index (χ4n) is 2.80. The molecule has 2 aromatic rings. The van der Waals surface area contributed by atoms with Crippen LogP contribution in [0.25, 0.3) is 11.2 Å². The molecule has 1 unspecified atom stereocenters. The third-order valence-electron chi connectivity index (χ3n) is 4.29. The van der Waals surface area contributed by atoms with Gasteiger partial charge in [0.1, 0.15) is 18.3 Å². The number of hydrogen-bond donors (Lipinski definition) is 5. The van der Waals surface area contributed by atoms with E-state index in [2.05, 4.69) is 21.5 Å². The van der Waals surface area contributed by atoms with Crippen LogP contribution in [0, 0.1) is 0 Å². The number of ether oxygens (including phenoxy) is 1. The molecule has 1 aliphatic heterocycles. The molecule has 5 atom stereocenters. The molecule has 0 bridgehead atoms. The molecule has 0 spiro atoms. The van der Waals surface area contributed by atoms with E-state index in [9.17, 15) is 24.9 Å². The summed E-state index contributed by atoms with van der Waals surface area (Å²) in [4.78, 5) is 34.1. The summed E-state index contributed by atoms with van der Waals surface area (Å²) in [5.41, 5.74) is 0.595. The van der Waals surface area contributed by atoms with E-state index in [4.69, 9.17) is 9.84 Å². The van der Waals surface area contributed by atoms with Crippen molar-refractivity contribution in [2.24, 2.45) is 0 Å². The van der Waals surface area contributed by atoms with E-state index in [0.29, 0.717) is 10.9 Å². The monoisotopic (exact) mass is 412 g/mol. The van der Waals surface area contributed by atoms with Gasteiger partial charge in [-0.05, 0) is 13.3 Å². The zero-order valence-corrected chi connectivity index (χ0v) is 15.7. The number of aliphatic hydroxyl groups is 3. The van der Waals surface area contributed by atoms with Gasteiger partial charge < -0.3 is 25.2 Å². The number of carboxylic acid groups (broad SMARTS) is 1. The van der Waals surface area contributed by atoms with Crippen LogP contribution in [0.5, 0.6) is 0 Å². The first kappa shape index (κ1) is 20.5. The Labute approximate surface area is 162 Å². The van der Waals surface area contributed by atoms with E-state index >= 15 is 0 Å². The Morgan fingerprint density at radius 2 is 2.18 bits per heavy atom. The van der Waals surface area contributed by atoms with Crippen molar-refractivity contribution in [1.82, 2.24) is 19.5 Å². The van der Waals surface area contributed by atoms with Crippen molar-refractivity contribution in [1.29, 1.82) is 0 Å². The van der Waals surface area contributed by atoms with Crippen molar-refractivity contribution >= 4 is 28.9 Å². The minimum absolute atomic E-state index is 0.00299. The molecule has 0 saturated carbocycles. The number of aromatic nitrogens is 4. The number of nitrogens with zero attached hydrogens (tertiary/aromatic N) is 3. The molecular weight excluding hydrogens is 392 g/mol. The van der Waals surface area contributed by atoms with Crippen molar-refractivity contribution in [2.75, 3.05) is 5.75 Å². The summed E-state index contributed by atoms with van der Waals surface area (Å²) in [7, 11) is 0. The lowest BCUT2D eigenvalue weighted by Crippen LogP contribution is -2.42. The summed E-state index contributed by atoms with van der Waals surface area (Å²) in [6.07, 6.45) is -6.14. The number of rotatable bonds is 7. The molecule has 0 radical (unpaired) electrons. The summed E-state index contributed by atoms with van der Waals surface area (Å²) >= 11 is 1.30. The smallest absolute Gasteiger partial charge is 0.335 e. The molecule has 2 aromatic heterocycles. The Kier molecular flexibility index (Phi) is 5.86. The zero-order chi connectivity index (χ0) is 20.6. The highest BCUT2D eigenvalue weighted by molar-refractivity contribution is 7.99. The fourth-order valence-corrected chi connectivity index (χ4v) is 3.76. The molecule has 3 rings (SSSR count). The van der Waals surface area contributed by atoms with Gasteiger partial charge in [0.2, 0.25) is 0 Å². The van der Waals surface area contributed by atoms with Gasteiger partial charge in [0.05, 0.1) is 6.33 Å². The molecule has 5 N–H and O–H groups in total. The summed E-state index contributed by atoms with van der Waals surface area (Å²) in [6, 6.07) is 0. The van der Waals surface area contributed by atoms with Gasteiger partial charge in [-0.15, -0.1) is 6.58 Å². The standard InChI is InChI=1S/C16H20N4O7S/c1-6(2)3-4-28-16-18-12-7(13(24)19-16)17-5-20(12)14-9(22)8(21)11(27-14)10(23)15(25)26/h5,8-11,14,21-23H,1,3-4H2,2H3,(H,25,26)(H,18,19,24)/t8-,9+,10?,11-,14+/m0/s1. The minimum Gasteiger partial charge on any atom is -0.479 e. The van der Waals surface area contributed by atoms with E-state index in [1.807, 2.05) is 6.92 Å². The molecule has 1 saturated heterocycles. The first-order chi connectivity index (χ1) is 13.2. The highest BCUT2D eigenvalue weighted by Crippen LogP contribution is 2.32. The van der Waals surface area contributed by atoms with E-state index in [0.717, 1.165) is 12.0 Å². The van der Waals surface area contributed by atoms with Crippen molar-refractivity contribution in [3.63, 3.8) is 0 Å². The van der Waals surface area contributed by atoms with E-state index in [1.165, 1.54) is 22.7 Å². The van der Waals surface area contributed by atoms with Crippen molar-refractivity contribution < 1.29 is 30.0 Å². The van der Waals surface area contributed by atoms with Gasteiger partial charge in [0.25, 0.3) is 5.56 Å². The number of hydrogen-bond acceptors (Lipinski definition) is 9. The number of H-pyrrole nitrogens is 1. The van der Waals surface area contributed by atoms with Crippen LogP contribution in [-0.4, -0.2) is 76.1 Å². The van der Waals surface area contributed by atoms with Crippen LogP contribution in [0.15, 0.2) is 28.4 Å². The largest absolute Gasteiger partial charge is 0.479 e. The van der Waals surface area contributed by atoms with Crippen LogP contribution >= 0.6 is 11.8 Å². The number of fused-ring (bicyclic) bond motifs is 1. The highest BCUT2D eigenvalue weighted by Gasteiger charge is 2.49. The second-order valence-electron chi connectivity index (χ2n) is 6.51. The molecule has 0 aromatic carbocycles. The number of thioether (sulfide) groups is 1. The Balaban J connectivity index is 1.92. The number of nitrogens with one attached hydrogen (secondary N) is 1. The van der Waals surface area contributed by atoms with Crippen molar-refractivity contribution in [2.45, 2.75) is 49.1 Å². The predicted molar refractivity (Wildman–Crippen MR) is 97.9 cm³/mol. The highest BCUT2D eigenvalue weighted by atomic mass is 32.2. The van der Waals surface area contributed by atoms with E-state index < -0.39 is 42.2 Å². The molecule has 0 amide bonds. The first-order valence-corrected chi connectivity index (χ1v) is 9.35. The number of allylic oxidation sites excluding steroid dienone is 1. The van der Waals surface area contributed by atoms with Gasteiger partial charge in [0.15, 0.2) is 28.7 Å². The number of aromatic amines is 1. The number of aliphatic hydroxyl groups excluding tert-OH is 3. The van der Waals surface area contributed by atoms with E-state index in [1.54, 1.807) is 0 Å². The first-order valence-electron chi connectivity index (χ1n) is 8.37. The normalized spacial score (nSPS) is 25.9. The van der Waals surface area contributed by atoms with Gasteiger partial charge in [-0.1, -0.05) is 17.3 Å². The molecule has 28 heavy (non-hydrogen) atoms. The number of carboxylic acids is 1. The van der Waals surface area contributed by atoms with Crippen molar-refractivity contribution in [3.05, 3.63) is 28.8 Å². The number of carbonyl (C=O) groups is 1. The molecular formula is C16H20N4O7S. The van der Waals surface area contributed by atoms with Crippen LogP contribution in [-0.2, 0) is 9.53 Å². The third-order valence-corrected chi connectivity index (χ3v) is 5.17. The summed E-state index contributed by atoms with van der Waals surface area (Å²) in [6.45, 7) is 5.70. The molecule has 11 nitrogen and oxygen atoms in total. The summed E-state index contributed by atoms with van der Waals surface area (Å²) < 4.78 is 6.61. The lowest BCUT2D eigenvalue weighted by molar-refractivity contribution is -0.160. The number of imidazole rings is 1. The fraction of sp³-hybridized carbons (Fsp3) is 0.500. The van der Waals surface area contributed by atoms with Gasteiger partial charge in [0, 0.05) is 5.75 Å². The van der Waals surface area contributed by atoms with Crippen LogP contribution in [0.4, 0.5) is 0 Å². The van der Waals surface area contributed by atoms with Crippen LogP contribution in [0.2, 0.25) is 0 Å². The zero-order valence-electron chi connectivity index (χ0n) is 14.8. The maximum absolute atomic E-state index is 12.3. The molecule has 1 aliphatic rings. The van der Waals surface area contributed by atoms with Gasteiger partial charge >= 0.3 is 5.97 Å². The maximum Gasteiger partial charge on any atom is 0.335 e. The quantitative estimate of drug-likeness (QED) is 0.221. The van der Waals surface area contributed by atoms with Crippen LogP contribution in [0.3, 0.4) is 0 Å². The van der Waals surface area contributed by atoms with Gasteiger partial charge in [-0.2, -0.15) is 0 Å². The van der Waals surface area contributed by atoms with E-state index in [-0.39, 0.29) is 11.2 Å². The second kappa shape index (κ2) is 8.01. The van der Waals surface area contributed by atoms with Gasteiger partial charge in [-0.25, -0.2) is 14.8 Å². The second-order valence-corrected chi connectivity index (χ2v) is 7.59. The SMILES string of the molecule is C=C(C)CCSc1nc2c(ncn2[C@@H]2O[C@H](C(O)C(=O)O)[C@@H](O)[C@H]2O)c(=O)[nH]1. The minimum atomic E-state index is -2.03. The lowest BCUT2D eigenvalue weighted by Gasteiger charge is -2.17. The summed E-state index contributed by atoms with van der Waals surface area (Å²) in [5, 5.41) is 39.3. The molecule has 0 aliphatic carbocycles. The Morgan fingerprint density at radius 3 is 2.82 bits per heavy atom. The number of aliphatic carboxylic acids is 1. The molecule has 1 fully saturated rings. The predicted octanol–water partition coefficient (Wildman–Crippen LogP) is -0.757. The molecule has 152 valence electrons. The topological polar surface area (TPSA) is 171 Å².